The van der Waals surface area contributed by atoms with Gasteiger partial charge in [-0.1, -0.05) is 32.9 Å². The molecule has 3 aromatic heterocycles. The molecule has 1 aliphatic rings. The van der Waals surface area contributed by atoms with Crippen molar-refractivity contribution in [2.45, 2.75) is 53.6 Å². The van der Waals surface area contributed by atoms with Crippen LogP contribution in [0.3, 0.4) is 0 Å². The van der Waals surface area contributed by atoms with Gasteiger partial charge in [-0.2, -0.15) is 5.10 Å². The topological polar surface area (TPSA) is 57.6 Å². The second kappa shape index (κ2) is 6.94. The zero-order valence-corrected chi connectivity index (χ0v) is 18.9. The van der Waals surface area contributed by atoms with Gasteiger partial charge in [0.1, 0.15) is 0 Å². The standard InChI is InChI=1S/C25H29N5O/c1-16-8-9-17(19-14-26-30-12-6-7-21(19)30)13-18(16)20-10-11-22-23(27-20)28(5)24(31)29(22)15-25(2,3)4/h8-11,13-14H,6-7,12,15H2,1-5H3. The lowest BCUT2D eigenvalue weighted by atomic mass is 9.96. The number of nitrogens with zero attached hydrogens (tertiary/aromatic N) is 5. The molecule has 0 amide bonds. The van der Waals surface area contributed by atoms with E-state index in [1.807, 2.05) is 22.9 Å². The van der Waals surface area contributed by atoms with Gasteiger partial charge >= 0.3 is 5.69 Å². The molecule has 6 nitrogen and oxygen atoms in total. The van der Waals surface area contributed by atoms with Crippen LogP contribution in [0, 0.1) is 12.3 Å². The number of benzene rings is 1. The highest BCUT2D eigenvalue weighted by Gasteiger charge is 2.20. The molecule has 31 heavy (non-hydrogen) atoms. The van der Waals surface area contributed by atoms with Crippen molar-refractivity contribution in [3.63, 3.8) is 0 Å². The van der Waals surface area contributed by atoms with Crippen molar-refractivity contribution in [1.82, 2.24) is 23.9 Å². The van der Waals surface area contributed by atoms with E-state index in [9.17, 15) is 4.79 Å². The summed E-state index contributed by atoms with van der Waals surface area (Å²) in [5.74, 6) is 0. The van der Waals surface area contributed by atoms with Gasteiger partial charge in [0.15, 0.2) is 5.65 Å². The lowest BCUT2D eigenvalue weighted by molar-refractivity contribution is 0.342. The summed E-state index contributed by atoms with van der Waals surface area (Å²) >= 11 is 0. The van der Waals surface area contributed by atoms with E-state index in [-0.39, 0.29) is 11.1 Å². The quantitative estimate of drug-likeness (QED) is 0.493. The Morgan fingerprint density at radius 1 is 1.10 bits per heavy atom. The summed E-state index contributed by atoms with van der Waals surface area (Å²) < 4.78 is 5.62. The average molecular weight is 416 g/mol. The number of rotatable bonds is 3. The molecule has 0 radical (unpaired) electrons. The van der Waals surface area contributed by atoms with Gasteiger partial charge in [0.05, 0.1) is 17.4 Å². The van der Waals surface area contributed by atoms with Gasteiger partial charge in [-0.15, -0.1) is 0 Å². The summed E-state index contributed by atoms with van der Waals surface area (Å²) in [7, 11) is 1.81. The number of hydrogen-bond donors (Lipinski definition) is 0. The van der Waals surface area contributed by atoms with E-state index in [1.165, 1.54) is 22.4 Å². The Hall–Kier alpha value is -3.15. The van der Waals surface area contributed by atoms with Crippen LogP contribution in [0.15, 0.2) is 41.3 Å². The molecule has 0 atom stereocenters. The van der Waals surface area contributed by atoms with Gasteiger partial charge in [0, 0.05) is 37.0 Å². The number of aryl methyl sites for hydroxylation is 3. The van der Waals surface area contributed by atoms with Gasteiger partial charge in [0.25, 0.3) is 0 Å². The Kier molecular flexibility index (Phi) is 4.43. The molecule has 4 heterocycles. The van der Waals surface area contributed by atoms with Gasteiger partial charge in [-0.05, 0) is 54.5 Å². The zero-order valence-electron chi connectivity index (χ0n) is 18.9. The summed E-state index contributed by atoms with van der Waals surface area (Å²) in [6.45, 7) is 10.2. The fourth-order valence-corrected chi connectivity index (χ4v) is 4.62. The smallest absolute Gasteiger partial charge is 0.290 e. The van der Waals surface area contributed by atoms with Crippen molar-refractivity contribution >= 4 is 11.2 Å². The minimum absolute atomic E-state index is 0.00749. The number of imidazole rings is 1. The largest absolute Gasteiger partial charge is 0.330 e. The van der Waals surface area contributed by atoms with E-state index in [4.69, 9.17) is 4.98 Å². The fraction of sp³-hybridized carbons (Fsp3) is 0.400. The Balaban J connectivity index is 1.63. The van der Waals surface area contributed by atoms with E-state index in [1.54, 1.807) is 11.6 Å². The van der Waals surface area contributed by atoms with Crippen LogP contribution in [-0.4, -0.2) is 23.9 Å². The van der Waals surface area contributed by atoms with Crippen LogP contribution in [0.1, 0.15) is 38.4 Å². The zero-order chi connectivity index (χ0) is 21.9. The molecule has 0 unspecified atom stereocenters. The Morgan fingerprint density at radius 3 is 2.68 bits per heavy atom. The maximum Gasteiger partial charge on any atom is 0.330 e. The molecular weight excluding hydrogens is 386 g/mol. The maximum absolute atomic E-state index is 12.9. The van der Waals surface area contributed by atoms with Crippen molar-refractivity contribution in [2.24, 2.45) is 12.5 Å². The van der Waals surface area contributed by atoms with Crippen LogP contribution in [0.2, 0.25) is 0 Å². The molecule has 0 saturated carbocycles. The highest BCUT2D eigenvalue weighted by Crippen LogP contribution is 2.33. The molecule has 1 aliphatic heterocycles. The Labute approximate surface area is 182 Å². The van der Waals surface area contributed by atoms with E-state index in [2.05, 4.69) is 55.7 Å². The molecular formula is C25H29N5O. The third kappa shape index (κ3) is 3.30. The minimum Gasteiger partial charge on any atom is -0.290 e. The summed E-state index contributed by atoms with van der Waals surface area (Å²) in [5, 5.41) is 4.55. The molecule has 0 N–H and O–H groups in total. The molecule has 0 fully saturated rings. The Bertz CT molecular complexity index is 1360. The van der Waals surface area contributed by atoms with Gasteiger partial charge in [0.2, 0.25) is 0 Å². The predicted molar refractivity (Wildman–Crippen MR) is 124 cm³/mol. The Morgan fingerprint density at radius 2 is 1.90 bits per heavy atom. The summed E-state index contributed by atoms with van der Waals surface area (Å²) in [5.41, 5.74) is 8.44. The number of pyridine rings is 1. The predicted octanol–water partition coefficient (Wildman–Crippen LogP) is 4.57. The average Bonchev–Trinajstić information content (AvgIpc) is 3.39. The molecule has 6 heteroatoms. The first-order valence-electron chi connectivity index (χ1n) is 11.0. The van der Waals surface area contributed by atoms with Crippen molar-refractivity contribution in [3.8, 4) is 22.4 Å². The number of fused-ring (bicyclic) bond motifs is 2. The van der Waals surface area contributed by atoms with E-state index in [0.29, 0.717) is 6.54 Å². The summed E-state index contributed by atoms with van der Waals surface area (Å²) in [6, 6.07) is 10.6. The van der Waals surface area contributed by atoms with Crippen molar-refractivity contribution in [1.29, 1.82) is 0 Å². The number of aromatic nitrogens is 5. The first kappa shape index (κ1) is 19.8. The summed E-state index contributed by atoms with van der Waals surface area (Å²) in [4.78, 5) is 17.8. The van der Waals surface area contributed by atoms with Crippen LogP contribution in [0.5, 0.6) is 0 Å². The second-order valence-electron chi connectivity index (χ2n) is 9.89. The molecule has 1 aromatic carbocycles. The SMILES string of the molecule is Cc1ccc(-c2cnn3c2CCC3)cc1-c1ccc2c(n1)n(C)c(=O)n2CC(C)(C)C. The third-order valence-electron chi connectivity index (χ3n) is 6.17. The normalized spacial score (nSPS) is 13.8. The summed E-state index contributed by atoms with van der Waals surface area (Å²) in [6.07, 6.45) is 4.22. The minimum atomic E-state index is -0.0181. The van der Waals surface area contributed by atoms with Crippen LogP contribution in [0.25, 0.3) is 33.5 Å². The third-order valence-corrected chi connectivity index (χ3v) is 6.17. The number of hydrogen-bond acceptors (Lipinski definition) is 3. The van der Waals surface area contributed by atoms with Gasteiger partial charge in [-0.25, -0.2) is 9.78 Å². The van der Waals surface area contributed by atoms with Crippen molar-refractivity contribution < 1.29 is 0 Å². The molecule has 0 bridgehead atoms. The molecule has 0 saturated heterocycles. The molecule has 0 aliphatic carbocycles. The molecule has 160 valence electrons. The van der Waals surface area contributed by atoms with Crippen molar-refractivity contribution in [2.75, 3.05) is 0 Å². The lowest BCUT2D eigenvalue weighted by Gasteiger charge is -2.18. The highest BCUT2D eigenvalue weighted by molar-refractivity contribution is 5.80. The van der Waals surface area contributed by atoms with Gasteiger partial charge in [-0.3, -0.25) is 13.8 Å². The van der Waals surface area contributed by atoms with Crippen molar-refractivity contribution in [3.05, 3.63) is 58.3 Å². The molecule has 4 aromatic rings. The lowest BCUT2D eigenvalue weighted by Crippen LogP contribution is -2.27. The van der Waals surface area contributed by atoms with Crippen LogP contribution in [-0.2, 0) is 26.6 Å². The second-order valence-corrected chi connectivity index (χ2v) is 9.89. The van der Waals surface area contributed by atoms with Gasteiger partial charge < -0.3 is 0 Å². The first-order chi connectivity index (χ1) is 14.7. The first-order valence-corrected chi connectivity index (χ1v) is 11.0. The fourth-order valence-electron chi connectivity index (χ4n) is 4.62. The van der Waals surface area contributed by atoms with E-state index >= 15 is 0 Å². The van der Waals surface area contributed by atoms with Crippen LogP contribution < -0.4 is 5.69 Å². The van der Waals surface area contributed by atoms with Crippen LogP contribution >= 0.6 is 0 Å². The molecule has 0 spiro atoms. The maximum atomic E-state index is 12.9. The monoisotopic (exact) mass is 415 g/mol. The highest BCUT2D eigenvalue weighted by atomic mass is 16.1. The molecule has 5 rings (SSSR count). The van der Waals surface area contributed by atoms with Crippen LogP contribution in [0.4, 0.5) is 0 Å². The van der Waals surface area contributed by atoms with E-state index < -0.39 is 0 Å². The van der Waals surface area contributed by atoms with E-state index in [0.717, 1.165) is 41.8 Å².